The van der Waals surface area contributed by atoms with Gasteiger partial charge in [-0.1, -0.05) is 0 Å². The summed E-state index contributed by atoms with van der Waals surface area (Å²) >= 11 is 0. The van der Waals surface area contributed by atoms with E-state index in [0.717, 1.165) is 19.4 Å². The summed E-state index contributed by atoms with van der Waals surface area (Å²) in [6.45, 7) is 7.22. The van der Waals surface area contributed by atoms with Crippen LogP contribution in [0.15, 0.2) is 0 Å². The molecule has 2 atom stereocenters. The van der Waals surface area contributed by atoms with Gasteiger partial charge < -0.3 is 14.8 Å². The molecule has 0 saturated heterocycles. The highest BCUT2D eigenvalue weighted by Crippen LogP contribution is 2.11. The van der Waals surface area contributed by atoms with Crippen molar-refractivity contribution < 1.29 is 9.47 Å². The van der Waals surface area contributed by atoms with Crippen LogP contribution in [-0.4, -0.2) is 39.0 Å². The lowest BCUT2D eigenvalue weighted by atomic mass is 10.1. The van der Waals surface area contributed by atoms with Crippen LogP contribution >= 0.6 is 0 Å². The highest BCUT2D eigenvalue weighted by molar-refractivity contribution is 4.65. The Balaban J connectivity index is 3.83. The minimum Gasteiger partial charge on any atom is -0.382 e. The first-order chi connectivity index (χ1) is 6.60. The van der Waals surface area contributed by atoms with Gasteiger partial charge in [0.2, 0.25) is 0 Å². The highest BCUT2D eigenvalue weighted by Gasteiger charge is 2.14. The van der Waals surface area contributed by atoms with E-state index in [1.165, 1.54) is 0 Å². The zero-order valence-corrected chi connectivity index (χ0v) is 10.2. The van der Waals surface area contributed by atoms with Crippen molar-refractivity contribution in [1.29, 1.82) is 0 Å². The molecule has 0 rings (SSSR count). The van der Waals surface area contributed by atoms with E-state index >= 15 is 0 Å². The first-order valence-electron chi connectivity index (χ1n) is 5.43. The van der Waals surface area contributed by atoms with Crippen LogP contribution in [0.25, 0.3) is 0 Å². The fourth-order valence-corrected chi connectivity index (χ4v) is 1.40. The van der Waals surface area contributed by atoms with Crippen LogP contribution in [-0.2, 0) is 9.47 Å². The van der Waals surface area contributed by atoms with E-state index in [2.05, 4.69) is 26.1 Å². The third kappa shape index (κ3) is 7.30. The molecule has 0 aliphatic carbocycles. The summed E-state index contributed by atoms with van der Waals surface area (Å²) in [4.78, 5) is 0. The molecular weight excluding hydrogens is 178 g/mol. The molecule has 1 N–H and O–H groups in total. The molecule has 0 radical (unpaired) electrons. The van der Waals surface area contributed by atoms with Crippen molar-refractivity contribution in [3.05, 3.63) is 0 Å². The first-order valence-corrected chi connectivity index (χ1v) is 5.43. The van der Waals surface area contributed by atoms with E-state index < -0.39 is 0 Å². The van der Waals surface area contributed by atoms with Crippen LogP contribution in [0.2, 0.25) is 0 Å². The van der Waals surface area contributed by atoms with Gasteiger partial charge in [-0.05, 0) is 47.2 Å². The molecule has 86 valence electrons. The zero-order chi connectivity index (χ0) is 11.0. The predicted molar refractivity (Wildman–Crippen MR) is 59.6 cm³/mol. The second-order valence-electron chi connectivity index (χ2n) is 3.98. The Morgan fingerprint density at radius 2 is 1.86 bits per heavy atom. The van der Waals surface area contributed by atoms with E-state index in [0.29, 0.717) is 12.2 Å². The summed E-state index contributed by atoms with van der Waals surface area (Å²) in [6, 6.07) is 0. The van der Waals surface area contributed by atoms with Gasteiger partial charge >= 0.3 is 0 Å². The van der Waals surface area contributed by atoms with Crippen LogP contribution in [0.3, 0.4) is 0 Å². The lowest BCUT2D eigenvalue weighted by Crippen LogP contribution is -2.26. The fourth-order valence-electron chi connectivity index (χ4n) is 1.40. The molecule has 0 aliphatic rings. The number of rotatable bonds is 8. The monoisotopic (exact) mass is 203 g/mol. The molecule has 0 unspecified atom stereocenters. The van der Waals surface area contributed by atoms with Crippen LogP contribution in [0.4, 0.5) is 0 Å². The predicted octanol–water partition coefficient (Wildman–Crippen LogP) is 1.81. The number of hydrogen-bond donors (Lipinski definition) is 1. The van der Waals surface area contributed by atoms with Gasteiger partial charge in [-0.25, -0.2) is 0 Å². The van der Waals surface area contributed by atoms with Crippen molar-refractivity contribution >= 4 is 0 Å². The van der Waals surface area contributed by atoms with E-state index in [4.69, 9.17) is 9.47 Å². The first kappa shape index (κ1) is 13.9. The molecule has 3 heteroatoms. The maximum absolute atomic E-state index is 5.80. The van der Waals surface area contributed by atoms with Crippen LogP contribution in [0.5, 0.6) is 0 Å². The molecule has 3 nitrogen and oxygen atoms in total. The number of hydrogen-bond acceptors (Lipinski definition) is 3. The van der Waals surface area contributed by atoms with Gasteiger partial charge in [0.25, 0.3) is 0 Å². The van der Waals surface area contributed by atoms with Gasteiger partial charge in [0.1, 0.15) is 0 Å². The van der Waals surface area contributed by atoms with Crippen molar-refractivity contribution in [2.24, 2.45) is 0 Å². The summed E-state index contributed by atoms with van der Waals surface area (Å²) in [6.07, 6.45) is 2.88. The molecule has 0 heterocycles. The van der Waals surface area contributed by atoms with Gasteiger partial charge in [-0.2, -0.15) is 0 Å². The van der Waals surface area contributed by atoms with Crippen molar-refractivity contribution in [1.82, 2.24) is 5.32 Å². The molecule has 0 amide bonds. The Hall–Kier alpha value is -0.120. The molecule has 0 fully saturated rings. The molecule has 0 spiro atoms. The summed E-state index contributed by atoms with van der Waals surface area (Å²) in [7, 11) is 3.71. The normalized spacial score (nSPS) is 15.9. The third-order valence-corrected chi connectivity index (χ3v) is 2.18. The smallest absolute Gasteiger partial charge is 0.0615 e. The maximum Gasteiger partial charge on any atom is 0.0615 e. The second-order valence-corrected chi connectivity index (χ2v) is 3.98. The summed E-state index contributed by atoms with van der Waals surface area (Å²) in [5.74, 6) is 0. The Morgan fingerprint density at radius 3 is 2.29 bits per heavy atom. The van der Waals surface area contributed by atoms with Gasteiger partial charge in [-0.15, -0.1) is 0 Å². The molecule has 14 heavy (non-hydrogen) atoms. The lowest BCUT2D eigenvalue weighted by molar-refractivity contribution is -0.0286. The maximum atomic E-state index is 5.80. The largest absolute Gasteiger partial charge is 0.382 e. The Labute approximate surface area is 88.2 Å². The quantitative estimate of drug-likeness (QED) is 0.652. The van der Waals surface area contributed by atoms with Crippen LogP contribution in [0, 0.1) is 0 Å². The van der Waals surface area contributed by atoms with E-state index in [1.807, 2.05) is 7.05 Å². The van der Waals surface area contributed by atoms with Gasteiger partial charge in [-0.3, -0.25) is 0 Å². The van der Waals surface area contributed by atoms with Gasteiger partial charge in [0.05, 0.1) is 18.3 Å². The molecule has 0 aliphatic heterocycles. The van der Waals surface area contributed by atoms with Crippen molar-refractivity contribution in [3.63, 3.8) is 0 Å². The summed E-state index contributed by atoms with van der Waals surface area (Å²) < 4.78 is 11.0. The second kappa shape index (κ2) is 8.21. The molecule has 0 aromatic rings. The van der Waals surface area contributed by atoms with Gasteiger partial charge in [0.15, 0.2) is 0 Å². The SMILES string of the molecule is CNCC[C@@H](C[C@H](C)OC)OC(C)C. The van der Waals surface area contributed by atoms with Crippen molar-refractivity contribution in [3.8, 4) is 0 Å². The number of nitrogens with one attached hydrogen (secondary N) is 1. The van der Waals surface area contributed by atoms with Gasteiger partial charge in [0, 0.05) is 7.11 Å². The summed E-state index contributed by atoms with van der Waals surface area (Å²) in [5.41, 5.74) is 0. The molecular formula is C11H25NO2. The zero-order valence-electron chi connectivity index (χ0n) is 10.2. The van der Waals surface area contributed by atoms with Crippen molar-refractivity contribution in [2.45, 2.75) is 51.9 Å². The molecule has 0 aromatic heterocycles. The van der Waals surface area contributed by atoms with Crippen LogP contribution < -0.4 is 5.32 Å². The lowest BCUT2D eigenvalue weighted by Gasteiger charge is -2.23. The minimum absolute atomic E-state index is 0.274. The van der Waals surface area contributed by atoms with E-state index in [-0.39, 0.29) is 6.10 Å². The number of methoxy groups -OCH3 is 1. The fraction of sp³-hybridized carbons (Fsp3) is 1.00. The standard InChI is InChI=1S/C11H25NO2/c1-9(2)14-11(6-7-12-4)8-10(3)13-5/h9-12H,6-8H2,1-5H3/t10-,11-/m0/s1. The van der Waals surface area contributed by atoms with Crippen molar-refractivity contribution in [2.75, 3.05) is 20.7 Å². The number of ether oxygens (including phenoxy) is 2. The highest BCUT2D eigenvalue weighted by atomic mass is 16.5. The molecule has 0 saturated carbocycles. The topological polar surface area (TPSA) is 30.5 Å². The van der Waals surface area contributed by atoms with E-state index in [1.54, 1.807) is 7.11 Å². The Bertz CT molecular complexity index is 128. The Kier molecular flexibility index (Phi) is 8.14. The summed E-state index contributed by atoms with van der Waals surface area (Å²) in [5, 5.41) is 3.14. The van der Waals surface area contributed by atoms with E-state index in [9.17, 15) is 0 Å². The average molecular weight is 203 g/mol. The van der Waals surface area contributed by atoms with Crippen LogP contribution in [0.1, 0.15) is 33.6 Å². The average Bonchev–Trinajstić information content (AvgIpc) is 2.13. The third-order valence-electron chi connectivity index (χ3n) is 2.18. The minimum atomic E-state index is 0.274. The molecule has 0 bridgehead atoms. The molecule has 0 aromatic carbocycles. The Morgan fingerprint density at radius 1 is 1.21 bits per heavy atom.